The van der Waals surface area contributed by atoms with Crippen LogP contribution in [0.25, 0.3) is 5.65 Å². The summed E-state index contributed by atoms with van der Waals surface area (Å²) in [4.78, 5) is 4.11. The Bertz CT molecular complexity index is 1010. The summed E-state index contributed by atoms with van der Waals surface area (Å²) in [7, 11) is -4.01. The summed E-state index contributed by atoms with van der Waals surface area (Å²) in [5, 5.41) is 4.18. The third-order valence-corrected chi connectivity index (χ3v) is 5.75. The van der Waals surface area contributed by atoms with Gasteiger partial charge in [-0.15, -0.1) is 0 Å². The quantitative estimate of drug-likeness (QED) is 0.727. The zero-order valence-electron chi connectivity index (χ0n) is 13.6. The van der Waals surface area contributed by atoms with Crippen molar-refractivity contribution in [2.45, 2.75) is 25.7 Å². The second-order valence-corrected chi connectivity index (χ2v) is 7.23. The van der Waals surface area contributed by atoms with Gasteiger partial charge in [0.15, 0.2) is 10.5 Å². The number of aromatic nitrogens is 3. The smallest absolute Gasteiger partial charge is 0.263 e. The Hall–Kier alpha value is -2.48. The largest absolute Gasteiger partial charge is 0.270 e. The van der Waals surface area contributed by atoms with E-state index in [1.54, 1.807) is 39.1 Å². The standard InChI is InChI=1S/C16H17FN4O2S/c1-4-21(14-10-11(2)6-7-13(14)17)24(22,23)15-12(3)19-20-9-5-8-18-16(15)20/h5-10H,4H2,1-3H3. The minimum absolute atomic E-state index is 0.00847. The third-order valence-electron chi connectivity index (χ3n) is 3.72. The van der Waals surface area contributed by atoms with Crippen molar-refractivity contribution >= 4 is 21.4 Å². The van der Waals surface area contributed by atoms with Crippen molar-refractivity contribution < 1.29 is 12.8 Å². The predicted octanol–water partition coefficient (Wildman–Crippen LogP) is 2.70. The highest BCUT2D eigenvalue weighted by atomic mass is 32.2. The molecular weight excluding hydrogens is 331 g/mol. The monoisotopic (exact) mass is 348 g/mol. The van der Waals surface area contributed by atoms with Crippen molar-refractivity contribution in [2.75, 3.05) is 10.8 Å². The Morgan fingerprint density at radius 3 is 2.75 bits per heavy atom. The van der Waals surface area contributed by atoms with Crippen LogP contribution >= 0.6 is 0 Å². The lowest BCUT2D eigenvalue weighted by Gasteiger charge is -2.23. The molecule has 6 nitrogen and oxygen atoms in total. The molecule has 24 heavy (non-hydrogen) atoms. The number of benzene rings is 1. The molecule has 0 aliphatic heterocycles. The zero-order valence-corrected chi connectivity index (χ0v) is 14.4. The first-order valence-corrected chi connectivity index (χ1v) is 8.89. The Morgan fingerprint density at radius 1 is 1.29 bits per heavy atom. The van der Waals surface area contributed by atoms with Gasteiger partial charge in [-0.2, -0.15) is 5.10 Å². The molecule has 0 unspecified atom stereocenters. The van der Waals surface area contributed by atoms with E-state index in [9.17, 15) is 12.8 Å². The molecule has 0 radical (unpaired) electrons. The fourth-order valence-corrected chi connectivity index (χ4v) is 4.42. The highest BCUT2D eigenvalue weighted by Gasteiger charge is 2.31. The van der Waals surface area contributed by atoms with Gasteiger partial charge in [0, 0.05) is 18.9 Å². The van der Waals surface area contributed by atoms with Gasteiger partial charge < -0.3 is 0 Å². The SMILES string of the molecule is CCN(c1cc(C)ccc1F)S(=O)(=O)c1c(C)nn2cccnc12. The number of hydrogen-bond acceptors (Lipinski definition) is 4. The van der Waals surface area contributed by atoms with E-state index in [2.05, 4.69) is 10.1 Å². The van der Waals surface area contributed by atoms with E-state index in [4.69, 9.17) is 0 Å². The Kier molecular flexibility index (Phi) is 4.00. The normalized spacial score (nSPS) is 11.8. The van der Waals surface area contributed by atoms with E-state index in [0.29, 0.717) is 5.69 Å². The lowest BCUT2D eigenvalue weighted by Crippen LogP contribution is -2.32. The van der Waals surface area contributed by atoms with Crippen LogP contribution in [0.2, 0.25) is 0 Å². The molecule has 0 amide bonds. The second-order valence-electron chi connectivity index (χ2n) is 5.43. The molecule has 0 bridgehead atoms. The van der Waals surface area contributed by atoms with Gasteiger partial charge in [-0.3, -0.25) is 4.31 Å². The molecular formula is C16H17FN4O2S. The second kappa shape index (κ2) is 5.86. The lowest BCUT2D eigenvalue weighted by molar-refractivity contribution is 0.586. The van der Waals surface area contributed by atoms with Gasteiger partial charge in [-0.1, -0.05) is 6.07 Å². The van der Waals surface area contributed by atoms with Gasteiger partial charge in [0.2, 0.25) is 0 Å². The highest BCUT2D eigenvalue weighted by molar-refractivity contribution is 7.93. The summed E-state index contributed by atoms with van der Waals surface area (Å²) in [6, 6.07) is 6.05. The highest BCUT2D eigenvalue weighted by Crippen LogP contribution is 2.30. The van der Waals surface area contributed by atoms with Crippen molar-refractivity contribution in [1.82, 2.24) is 14.6 Å². The van der Waals surface area contributed by atoms with Crippen molar-refractivity contribution in [3.63, 3.8) is 0 Å². The summed E-state index contributed by atoms with van der Waals surface area (Å²) in [6.45, 7) is 5.13. The number of fused-ring (bicyclic) bond motifs is 1. The minimum Gasteiger partial charge on any atom is -0.263 e. The topological polar surface area (TPSA) is 67.6 Å². The van der Waals surface area contributed by atoms with E-state index in [0.717, 1.165) is 9.87 Å². The summed E-state index contributed by atoms with van der Waals surface area (Å²) >= 11 is 0. The van der Waals surface area contributed by atoms with Gasteiger partial charge >= 0.3 is 0 Å². The molecule has 3 rings (SSSR count). The van der Waals surface area contributed by atoms with Gasteiger partial charge in [0.05, 0.1) is 11.4 Å². The number of nitrogens with zero attached hydrogens (tertiary/aromatic N) is 4. The molecule has 2 aromatic heterocycles. The molecule has 2 heterocycles. The zero-order chi connectivity index (χ0) is 17.5. The van der Waals surface area contributed by atoms with Crippen LogP contribution in [0, 0.1) is 19.7 Å². The molecule has 0 atom stereocenters. The molecule has 0 aliphatic rings. The molecule has 0 saturated carbocycles. The van der Waals surface area contributed by atoms with Crippen molar-refractivity contribution in [3.8, 4) is 0 Å². The van der Waals surface area contributed by atoms with Gasteiger partial charge in [0.25, 0.3) is 10.0 Å². The van der Waals surface area contributed by atoms with Gasteiger partial charge in [0.1, 0.15) is 5.82 Å². The molecule has 0 fully saturated rings. The first kappa shape index (κ1) is 16.4. The van der Waals surface area contributed by atoms with E-state index in [1.165, 1.54) is 22.8 Å². The Labute approximate surface area is 139 Å². The van der Waals surface area contributed by atoms with Crippen LogP contribution in [0.5, 0.6) is 0 Å². The van der Waals surface area contributed by atoms with E-state index in [1.807, 2.05) is 0 Å². The minimum atomic E-state index is -4.01. The fourth-order valence-electron chi connectivity index (χ4n) is 2.67. The summed E-state index contributed by atoms with van der Waals surface area (Å²) in [5.41, 5.74) is 1.34. The molecule has 0 saturated heterocycles. The molecule has 0 spiro atoms. The molecule has 0 N–H and O–H groups in total. The average Bonchev–Trinajstić information content (AvgIpc) is 2.87. The van der Waals surface area contributed by atoms with E-state index >= 15 is 0 Å². The molecule has 1 aromatic carbocycles. The summed E-state index contributed by atoms with van der Waals surface area (Å²) < 4.78 is 43.1. The molecule has 0 aliphatic carbocycles. The average molecular weight is 348 g/mol. The number of hydrogen-bond donors (Lipinski definition) is 0. The lowest BCUT2D eigenvalue weighted by atomic mass is 10.2. The van der Waals surface area contributed by atoms with Gasteiger partial charge in [-0.25, -0.2) is 22.3 Å². The van der Waals surface area contributed by atoms with Crippen molar-refractivity contribution in [3.05, 3.63) is 53.7 Å². The number of rotatable bonds is 4. The van der Waals surface area contributed by atoms with E-state index in [-0.39, 0.29) is 22.8 Å². The molecule has 126 valence electrons. The van der Waals surface area contributed by atoms with Crippen LogP contribution in [-0.2, 0) is 10.0 Å². The summed E-state index contributed by atoms with van der Waals surface area (Å²) in [6.07, 6.45) is 3.12. The first-order valence-electron chi connectivity index (χ1n) is 7.45. The number of halogens is 1. The number of sulfonamides is 1. The predicted molar refractivity (Wildman–Crippen MR) is 89.1 cm³/mol. The first-order chi connectivity index (χ1) is 11.4. The van der Waals surface area contributed by atoms with Gasteiger partial charge in [-0.05, 0) is 44.5 Å². The Balaban J connectivity index is 2.24. The number of anilines is 1. The third kappa shape index (κ3) is 2.52. The van der Waals surface area contributed by atoms with Crippen LogP contribution < -0.4 is 4.31 Å². The summed E-state index contributed by atoms with van der Waals surface area (Å²) in [5.74, 6) is -0.590. The van der Waals surface area contributed by atoms with Crippen LogP contribution in [-0.4, -0.2) is 29.6 Å². The fraction of sp³-hybridized carbons (Fsp3) is 0.250. The van der Waals surface area contributed by atoms with Crippen molar-refractivity contribution in [1.29, 1.82) is 0 Å². The van der Waals surface area contributed by atoms with Crippen LogP contribution in [0.3, 0.4) is 0 Å². The maximum atomic E-state index is 14.3. The van der Waals surface area contributed by atoms with Crippen molar-refractivity contribution in [2.24, 2.45) is 0 Å². The van der Waals surface area contributed by atoms with Crippen LogP contribution in [0.4, 0.5) is 10.1 Å². The van der Waals surface area contributed by atoms with Crippen LogP contribution in [0.15, 0.2) is 41.6 Å². The number of aryl methyl sites for hydroxylation is 2. The Morgan fingerprint density at radius 2 is 2.04 bits per heavy atom. The molecule has 3 aromatic rings. The maximum Gasteiger partial charge on any atom is 0.270 e. The van der Waals surface area contributed by atoms with Crippen LogP contribution in [0.1, 0.15) is 18.2 Å². The maximum absolute atomic E-state index is 14.3. The van der Waals surface area contributed by atoms with E-state index < -0.39 is 15.8 Å². The molecule has 8 heteroatoms.